The van der Waals surface area contributed by atoms with E-state index in [9.17, 15) is 4.79 Å². The van der Waals surface area contributed by atoms with E-state index in [0.29, 0.717) is 5.92 Å². The highest BCUT2D eigenvalue weighted by molar-refractivity contribution is 5.79. The molecule has 2 atom stereocenters. The van der Waals surface area contributed by atoms with Crippen LogP contribution in [0.1, 0.15) is 38.5 Å². The average molecular weight is 251 g/mol. The molecule has 0 aromatic carbocycles. The highest BCUT2D eigenvalue weighted by Crippen LogP contribution is 2.33. The lowest BCUT2D eigenvalue weighted by atomic mass is 9.78. The third kappa shape index (κ3) is 3.58. The molecule has 0 aromatic rings. The van der Waals surface area contributed by atoms with E-state index >= 15 is 0 Å². The van der Waals surface area contributed by atoms with Gasteiger partial charge >= 0.3 is 0 Å². The number of hydrogen-bond donors (Lipinski definition) is 0. The molecule has 102 valence electrons. The Morgan fingerprint density at radius 1 is 1.44 bits per heavy atom. The van der Waals surface area contributed by atoms with Crippen molar-refractivity contribution in [2.45, 2.75) is 44.6 Å². The van der Waals surface area contributed by atoms with Crippen molar-refractivity contribution in [2.24, 2.45) is 11.8 Å². The Morgan fingerprint density at radius 3 is 2.67 bits per heavy atom. The van der Waals surface area contributed by atoms with Crippen LogP contribution in [0, 0.1) is 11.8 Å². The molecule has 18 heavy (non-hydrogen) atoms. The maximum absolute atomic E-state index is 12.5. The van der Waals surface area contributed by atoms with E-state index in [1.54, 1.807) is 0 Å². The molecule has 3 nitrogen and oxygen atoms in total. The first kappa shape index (κ1) is 13.6. The Kier molecular flexibility index (Phi) is 4.81. The van der Waals surface area contributed by atoms with Crippen LogP contribution < -0.4 is 0 Å². The van der Waals surface area contributed by atoms with Crippen molar-refractivity contribution >= 4 is 5.91 Å². The van der Waals surface area contributed by atoms with Crippen LogP contribution in [0.15, 0.2) is 12.7 Å². The van der Waals surface area contributed by atoms with E-state index in [2.05, 4.69) is 6.58 Å². The fourth-order valence-corrected chi connectivity index (χ4v) is 3.06. The van der Waals surface area contributed by atoms with Gasteiger partial charge in [-0.2, -0.15) is 0 Å². The number of carbonyl (C=O) groups excluding carboxylic acids is 1. The number of likely N-dealkylation sites (N-methyl/N-ethyl adjacent to an activating group) is 1. The highest BCUT2D eigenvalue weighted by Gasteiger charge is 2.33. The number of rotatable bonds is 6. The summed E-state index contributed by atoms with van der Waals surface area (Å²) in [6, 6.07) is 0. The molecule has 0 spiro atoms. The maximum atomic E-state index is 12.5. The number of amides is 1. The van der Waals surface area contributed by atoms with Crippen LogP contribution in [-0.4, -0.2) is 37.1 Å². The Morgan fingerprint density at radius 2 is 2.11 bits per heavy atom. The molecular formula is C15H25NO2. The van der Waals surface area contributed by atoms with Gasteiger partial charge in [-0.05, 0) is 25.2 Å². The van der Waals surface area contributed by atoms with Gasteiger partial charge in [-0.1, -0.05) is 25.3 Å². The quantitative estimate of drug-likeness (QED) is 0.537. The number of allylic oxidation sites excluding steroid dienone is 1. The second-order valence-electron chi connectivity index (χ2n) is 5.70. The van der Waals surface area contributed by atoms with Gasteiger partial charge in [-0.15, -0.1) is 6.58 Å². The monoisotopic (exact) mass is 251 g/mol. The summed E-state index contributed by atoms with van der Waals surface area (Å²) in [5.41, 5.74) is 0. The van der Waals surface area contributed by atoms with Crippen molar-refractivity contribution in [3.63, 3.8) is 0 Å². The van der Waals surface area contributed by atoms with Gasteiger partial charge in [0.05, 0.1) is 12.7 Å². The van der Waals surface area contributed by atoms with E-state index in [0.717, 1.165) is 19.6 Å². The molecule has 1 saturated carbocycles. The van der Waals surface area contributed by atoms with Gasteiger partial charge in [0.1, 0.15) is 0 Å². The smallest absolute Gasteiger partial charge is 0.226 e. The van der Waals surface area contributed by atoms with Crippen LogP contribution in [-0.2, 0) is 9.53 Å². The first-order chi connectivity index (χ1) is 8.72. The van der Waals surface area contributed by atoms with Crippen molar-refractivity contribution in [1.82, 2.24) is 4.90 Å². The SMILES string of the molecule is C=CCC(C(=O)N(C)CC1CO1)C1CCCCC1. The van der Waals surface area contributed by atoms with Crippen LogP contribution >= 0.6 is 0 Å². The molecule has 0 N–H and O–H groups in total. The Hall–Kier alpha value is -0.830. The minimum Gasteiger partial charge on any atom is -0.371 e. The number of epoxide rings is 1. The predicted octanol–water partition coefficient (Wildman–Crippen LogP) is 2.62. The molecule has 2 rings (SSSR count). The molecule has 1 amide bonds. The lowest BCUT2D eigenvalue weighted by Gasteiger charge is -2.31. The summed E-state index contributed by atoms with van der Waals surface area (Å²) >= 11 is 0. The second kappa shape index (κ2) is 6.37. The molecule has 1 saturated heterocycles. The largest absolute Gasteiger partial charge is 0.371 e. The molecule has 3 heteroatoms. The average Bonchev–Trinajstić information content (AvgIpc) is 3.20. The van der Waals surface area contributed by atoms with Crippen molar-refractivity contribution in [1.29, 1.82) is 0 Å². The molecule has 2 fully saturated rings. The number of hydrogen-bond acceptors (Lipinski definition) is 2. The lowest BCUT2D eigenvalue weighted by molar-refractivity contribution is -0.136. The lowest BCUT2D eigenvalue weighted by Crippen LogP contribution is -2.39. The van der Waals surface area contributed by atoms with Gasteiger partial charge in [0, 0.05) is 19.5 Å². The molecule has 0 bridgehead atoms. The minimum absolute atomic E-state index is 0.145. The van der Waals surface area contributed by atoms with Crippen molar-refractivity contribution in [3.05, 3.63) is 12.7 Å². The molecule has 2 aliphatic rings. The zero-order valence-corrected chi connectivity index (χ0v) is 11.4. The standard InChI is InChI=1S/C15H25NO2/c1-3-7-14(12-8-5-4-6-9-12)15(17)16(2)10-13-11-18-13/h3,12-14H,1,4-11H2,2H3. The highest BCUT2D eigenvalue weighted by atomic mass is 16.6. The zero-order valence-electron chi connectivity index (χ0n) is 11.4. The van der Waals surface area contributed by atoms with E-state index < -0.39 is 0 Å². The summed E-state index contributed by atoms with van der Waals surface area (Å²) in [7, 11) is 1.91. The predicted molar refractivity (Wildman–Crippen MR) is 72.3 cm³/mol. The van der Waals surface area contributed by atoms with E-state index in [4.69, 9.17) is 4.74 Å². The third-order valence-corrected chi connectivity index (χ3v) is 4.21. The molecule has 0 aromatic heterocycles. The molecule has 1 aliphatic heterocycles. The summed E-state index contributed by atoms with van der Waals surface area (Å²) in [5, 5.41) is 0. The van der Waals surface area contributed by atoms with Crippen LogP contribution in [0.2, 0.25) is 0 Å². The van der Waals surface area contributed by atoms with E-state index in [-0.39, 0.29) is 17.9 Å². The van der Waals surface area contributed by atoms with E-state index in [1.165, 1.54) is 32.1 Å². The molecule has 0 radical (unpaired) electrons. The van der Waals surface area contributed by atoms with Gasteiger partial charge in [0.2, 0.25) is 5.91 Å². The van der Waals surface area contributed by atoms with Gasteiger partial charge in [0.15, 0.2) is 0 Å². The van der Waals surface area contributed by atoms with Crippen molar-refractivity contribution in [3.8, 4) is 0 Å². The fraction of sp³-hybridized carbons (Fsp3) is 0.800. The van der Waals surface area contributed by atoms with E-state index in [1.807, 2.05) is 18.0 Å². The van der Waals surface area contributed by atoms with Crippen LogP contribution in [0.4, 0.5) is 0 Å². The Labute approximate surface area is 110 Å². The summed E-state index contributed by atoms with van der Waals surface area (Å²) in [6.45, 7) is 5.38. The van der Waals surface area contributed by atoms with Gasteiger partial charge < -0.3 is 9.64 Å². The van der Waals surface area contributed by atoms with Gasteiger partial charge in [0.25, 0.3) is 0 Å². The van der Waals surface area contributed by atoms with Gasteiger partial charge in [-0.3, -0.25) is 4.79 Å². The summed E-state index contributed by atoms with van der Waals surface area (Å²) < 4.78 is 5.20. The molecule has 2 unspecified atom stereocenters. The van der Waals surface area contributed by atoms with Gasteiger partial charge in [-0.25, -0.2) is 0 Å². The third-order valence-electron chi connectivity index (χ3n) is 4.21. The number of ether oxygens (including phenoxy) is 1. The Bertz CT molecular complexity index is 293. The summed E-state index contributed by atoms with van der Waals surface area (Å²) in [6.07, 6.45) is 9.31. The van der Waals surface area contributed by atoms with Crippen molar-refractivity contribution in [2.75, 3.05) is 20.2 Å². The first-order valence-electron chi connectivity index (χ1n) is 7.20. The van der Waals surface area contributed by atoms with Crippen LogP contribution in [0.3, 0.4) is 0 Å². The fourth-order valence-electron chi connectivity index (χ4n) is 3.06. The zero-order chi connectivity index (χ0) is 13.0. The first-order valence-corrected chi connectivity index (χ1v) is 7.20. The van der Waals surface area contributed by atoms with Crippen molar-refractivity contribution < 1.29 is 9.53 Å². The van der Waals surface area contributed by atoms with Crippen LogP contribution in [0.5, 0.6) is 0 Å². The second-order valence-corrected chi connectivity index (χ2v) is 5.70. The maximum Gasteiger partial charge on any atom is 0.226 e. The summed E-state index contributed by atoms with van der Waals surface area (Å²) in [5.74, 6) is 0.996. The topological polar surface area (TPSA) is 32.8 Å². The molecular weight excluding hydrogens is 226 g/mol. The number of nitrogens with zero attached hydrogens (tertiary/aromatic N) is 1. The minimum atomic E-state index is 0.145. The molecule has 1 aliphatic carbocycles. The summed E-state index contributed by atoms with van der Waals surface area (Å²) in [4.78, 5) is 14.4. The number of carbonyl (C=O) groups is 1. The Balaban J connectivity index is 1.93. The molecule has 1 heterocycles. The van der Waals surface area contributed by atoms with Crippen LogP contribution in [0.25, 0.3) is 0 Å². The normalized spacial score (nSPS) is 25.5.